The summed E-state index contributed by atoms with van der Waals surface area (Å²) in [6, 6.07) is 8.37. The van der Waals surface area contributed by atoms with Crippen LogP contribution >= 0.6 is 11.6 Å². The number of nitrogens with zero attached hydrogens (tertiary/aromatic N) is 4. The van der Waals surface area contributed by atoms with Crippen LogP contribution in [0.2, 0.25) is 5.02 Å². The topological polar surface area (TPSA) is 97.8 Å². The molecule has 1 saturated heterocycles. The average Bonchev–Trinajstić information content (AvgIpc) is 3.31. The van der Waals surface area contributed by atoms with E-state index in [1.165, 1.54) is 31.6 Å². The van der Waals surface area contributed by atoms with Gasteiger partial charge in [0.2, 0.25) is 11.7 Å². The number of primary amides is 1. The summed E-state index contributed by atoms with van der Waals surface area (Å²) in [6.07, 6.45) is 6.00. The van der Waals surface area contributed by atoms with Gasteiger partial charge < -0.3 is 20.7 Å². The van der Waals surface area contributed by atoms with Gasteiger partial charge in [-0.05, 0) is 43.2 Å². The Morgan fingerprint density at radius 3 is 2.64 bits per heavy atom. The number of rotatable bonds is 6. The van der Waals surface area contributed by atoms with E-state index in [4.69, 9.17) is 22.1 Å². The first-order valence-electron chi connectivity index (χ1n) is 11.3. The Bertz CT molecular complexity index is 1450. The zero-order valence-electron chi connectivity index (χ0n) is 19.3. The third-order valence-corrected chi connectivity index (χ3v) is 6.72. The molecule has 1 fully saturated rings. The van der Waals surface area contributed by atoms with Gasteiger partial charge in [-0.2, -0.15) is 4.39 Å². The molecule has 36 heavy (non-hydrogen) atoms. The van der Waals surface area contributed by atoms with Crippen LogP contribution in [0.5, 0.6) is 5.75 Å². The van der Waals surface area contributed by atoms with Crippen LogP contribution in [-0.2, 0) is 4.79 Å². The molecule has 0 saturated carbocycles. The maximum Gasteiger partial charge on any atom is 0.220 e. The molecule has 3 N–H and O–H groups in total. The van der Waals surface area contributed by atoms with Gasteiger partial charge in [0.1, 0.15) is 0 Å². The predicted octanol–water partition coefficient (Wildman–Crippen LogP) is 4.78. The highest BCUT2D eigenvalue weighted by Gasteiger charge is 2.24. The number of piperidine rings is 1. The highest BCUT2D eigenvalue weighted by Crippen LogP contribution is 2.34. The van der Waals surface area contributed by atoms with Crippen molar-refractivity contribution < 1.29 is 18.3 Å². The monoisotopic (exact) mass is 512 g/mol. The van der Waals surface area contributed by atoms with Gasteiger partial charge in [0.05, 0.1) is 29.7 Å². The SMILES string of the molecule is COc1ccc(-c2cnc3c(Nc4ccc(N5CCC(C(N)=O)CC5)c(Cl)c4)nccn23)c(F)c1F. The minimum absolute atomic E-state index is 0.0467. The van der Waals surface area contributed by atoms with Crippen LogP contribution in [0.25, 0.3) is 16.9 Å². The Labute approximate surface area is 210 Å². The third kappa shape index (κ3) is 4.28. The van der Waals surface area contributed by atoms with Crippen molar-refractivity contribution in [3.63, 3.8) is 0 Å². The molecule has 186 valence electrons. The third-order valence-electron chi connectivity index (χ3n) is 6.42. The Kier molecular flexibility index (Phi) is 6.36. The van der Waals surface area contributed by atoms with Crippen molar-refractivity contribution >= 4 is 40.3 Å². The second kappa shape index (κ2) is 9.62. The highest BCUT2D eigenvalue weighted by atomic mass is 35.5. The lowest BCUT2D eigenvalue weighted by molar-refractivity contribution is -0.122. The second-order valence-electron chi connectivity index (χ2n) is 8.51. The van der Waals surface area contributed by atoms with Crippen LogP contribution in [0.15, 0.2) is 48.9 Å². The molecule has 2 aromatic heterocycles. The first kappa shape index (κ1) is 23.8. The van der Waals surface area contributed by atoms with E-state index in [1.807, 2.05) is 12.1 Å². The van der Waals surface area contributed by atoms with Gasteiger partial charge in [-0.25, -0.2) is 14.4 Å². The molecule has 1 amide bonds. The van der Waals surface area contributed by atoms with Gasteiger partial charge in [-0.15, -0.1) is 0 Å². The zero-order valence-corrected chi connectivity index (χ0v) is 20.1. The molecular formula is C25H23ClF2N6O2. The number of hydrogen-bond donors (Lipinski definition) is 2. The summed E-state index contributed by atoms with van der Waals surface area (Å²) in [7, 11) is 1.28. The number of aromatic nitrogens is 3. The Morgan fingerprint density at radius 2 is 1.94 bits per heavy atom. The summed E-state index contributed by atoms with van der Waals surface area (Å²) in [6.45, 7) is 1.39. The van der Waals surface area contributed by atoms with Gasteiger partial charge in [0, 0.05) is 42.7 Å². The molecular weight excluding hydrogens is 490 g/mol. The van der Waals surface area contributed by atoms with Crippen molar-refractivity contribution in [2.24, 2.45) is 11.7 Å². The normalized spacial score (nSPS) is 14.3. The number of nitrogens with one attached hydrogen (secondary N) is 1. The van der Waals surface area contributed by atoms with Gasteiger partial charge >= 0.3 is 0 Å². The molecule has 0 atom stereocenters. The summed E-state index contributed by atoms with van der Waals surface area (Å²) in [5, 5.41) is 3.75. The maximum atomic E-state index is 14.7. The van der Waals surface area contributed by atoms with Crippen LogP contribution in [0.1, 0.15) is 12.8 Å². The van der Waals surface area contributed by atoms with E-state index < -0.39 is 11.6 Å². The van der Waals surface area contributed by atoms with Crippen LogP contribution < -0.4 is 20.7 Å². The van der Waals surface area contributed by atoms with E-state index in [-0.39, 0.29) is 23.1 Å². The largest absolute Gasteiger partial charge is 0.494 e. The van der Waals surface area contributed by atoms with Gasteiger partial charge in [-0.1, -0.05) is 11.6 Å². The molecule has 11 heteroatoms. The van der Waals surface area contributed by atoms with Crippen LogP contribution in [0.3, 0.4) is 0 Å². The second-order valence-corrected chi connectivity index (χ2v) is 8.92. The number of imidazole rings is 1. The molecule has 0 unspecified atom stereocenters. The zero-order chi connectivity index (χ0) is 25.4. The fourth-order valence-electron chi connectivity index (χ4n) is 4.48. The summed E-state index contributed by atoms with van der Waals surface area (Å²) >= 11 is 6.59. The van der Waals surface area contributed by atoms with Gasteiger partial charge in [0.15, 0.2) is 23.0 Å². The number of ether oxygens (including phenoxy) is 1. The van der Waals surface area contributed by atoms with E-state index in [9.17, 15) is 13.6 Å². The van der Waals surface area contributed by atoms with Crippen molar-refractivity contribution in [3.05, 3.63) is 65.6 Å². The van der Waals surface area contributed by atoms with E-state index in [0.717, 1.165) is 5.69 Å². The highest BCUT2D eigenvalue weighted by molar-refractivity contribution is 6.33. The van der Waals surface area contributed by atoms with Crippen molar-refractivity contribution in [3.8, 4) is 17.0 Å². The van der Waals surface area contributed by atoms with Crippen molar-refractivity contribution in [1.29, 1.82) is 0 Å². The van der Waals surface area contributed by atoms with E-state index in [1.54, 1.807) is 16.7 Å². The summed E-state index contributed by atoms with van der Waals surface area (Å²) in [4.78, 5) is 22.3. The first-order chi connectivity index (χ1) is 17.4. The lowest BCUT2D eigenvalue weighted by atomic mass is 9.96. The van der Waals surface area contributed by atoms with Gasteiger partial charge in [-0.3, -0.25) is 9.20 Å². The number of nitrogens with two attached hydrogens (primary N) is 1. The maximum absolute atomic E-state index is 14.7. The first-order valence-corrected chi connectivity index (χ1v) is 11.7. The number of anilines is 3. The minimum atomic E-state index is -1.06. The number of halogens is 3. The molecule has 1 aliphatic rings. The number of carbonyl (C=O) groups excluding carboxylic acids is 1. The van der Waals surface area contributed by atoms with Gasteiger partial charge in [0.25, 0.3) is 0 Å². The molecule has 3 heterocycles. The average molecular weight is 513 g/mol. The fraction of sp³-hybridized carbons (Fsp3) is 0.240. The number of methoxy groups -OCH3 is 1. The minimum Gasteiger partial charge on any atom is -0.494 e. The van der Waals surface area contributed by atoms with Crippen molar-refractivity contribution in [2.75, 3.05) is 30.4 Å². The molecule has 0 aliphatic carbocycles. The predicted molar refractivity (Wildman–Crippen MR) is 134 cm³/mol. The Balaban J connectivity index is 1.40. The number of amides is 1. The Morgan fingerprint density at radius 1 is 1.17 bits per heavy atom. The smallest absolute Gasteiger partial charge is 0.220 e. The van der Waals surface area contributed by atoms with E-state index in [0.29, 0.717) is 53.8 Å². The number of carbonyl (C=O) groups is 1. The molecule has 1 aliphatic heterocycles. The lowest BCUT2D eigenvalue weighted by Crippen LogP contribution is -2.38. The van der Waals surface area contributed by atoms with E-state index in [2.05, 4.69) is 20.2 Å². The van der Waals surface area contributed by atoms with Crippen molar-refractivity contribution in [1.82, 2.24) is 14.4 Å². The Hall–Kier alpha value is -3.92. The molecule has 2 aromatic carbocycles. The van der Waals surface area contributed by atoms with Crippen LogP contribution in [0, 0.1) is 17.6 Å². The summed E-state index contributed by atoms with van der Waals surface area (Å²) < 4.78 is 35.5. The number of hydrogen-bond acceptors (Lipinski definition) is 6. The molecule has 0 spiro atoms. The number of fused-ring (bicyclic) bond motifs is 1. The molecule has 0 bridgehead atoms. The van der Waals surface area contributed by atoms with E-state index >= 15 is 0 Å². The fourth-order valence-corrected chi connectivity index (χ4v) is 4.78. The quantitative estimate of drug-likeness (QED) is 0.386. The number of benzene rings is 2. The lowest BCUT2D eigenvalue weighted by Gasteiger charge is -2.33. The standard InChI is InChI=1S/C25H23ClF2N6O2/c1-36-20-5-3-16(21(27)22(20)28)19-13-31-25-24(30-8-11-34(19)25)32-15-2-4-18(17(26)12-15)33-9-6-14(7-10-33)23(29)35/h2-5,8,11-14H,6-7,9-10H2,1H3,(H2,29,35)(H,30,32). The van der Waals surface area contributed by atoms with Crippen LogP contribution in [0.4, 0.5) is 26.0 Å². The van der Waals surface area contributed by atoms with Crippen molar-refractivity contribution in [2.45, 2.75) is 12.8 Å². The molecule has 8 nitrogen and oxygen atoms in total. The molecule has 0 radical (unpaired) electrons. The molecule has 5 rings (SSSR count). The summed E-state index contributed by atoms with van der Waals surface area (Å²) in [5.74, 6) is -2.20. The molecule has 4 aromatic rings. The van der Waals surface area contributed by atoms with Crippen LogP contribution in [-0.4, -0.2) is 40.5 Å². The summed E-state index contributed by atoms with van der Waals surface area (Å²) in [5.41, 5.74) is 7.82.